The first-order chi connectivity index (χ1) is 29.3. The minimum atomic E-state index is 0.899. The van der Waals surface area contributed by atoms with Crippen LogP contribution in [0.5, 0.6) is 0 Å². The summed E-state index contributed by atoms with van der Waals surface area (Å²) in [7, 11) is 0. The summed E-state index contributed by atoms with van der Waals surface area (Å²) in [5.41, 5.74) is 12.4. The second kappa shape index (κ2) is 13.6. The molecule has 0 amide bonds. The maximum atomic E-state index is 6.36. The van der Waals surface area contributed by atoms with Crippen LogP contribution in [0.4, 0.5) is 17.1 Å². The first-order valence-corrected chi connectivity index (χ1v) is 20.9. The van der Waals surface area contributed by atoms with Gasteiger partial charge in [-0.2, -0.15) is 0 Å². The molecular weight excluding hydrogens is 735 g/mol. The summed E-state index contributed by atoms with van der Waals surface area (Å²) >= 11 is 1.88. The highest BCUT2D eigenvalue weighted by Gasteiger charge is 2.22. The maximum Gasteiger partial charge on any atom is 0.136 e. The second-order valence-corrected chi connectivity index (χ2v) is 16.2. The molecule has 0 aliphatic rings. The van der Waals surface area contributed by atoms with Crippen molar-refractivity contribution in [2.75, 3.05) is 4.90 Å². The van der Waals surface area contributed by atoms with E-state index in [2.05, 4.69) is 205 Å². The van der Waals surface area contributed by atoms with Crippen molar-refractivity contribution in [1.29, 1.82) is 0 Å². The third kappa shape index (κ3) is 5.47. The van der Waals surface area contributed by atoms with Gasteiger partial charge in [0.25, 0.3) is 0 Å². The molecule has 2 heterocycles. The van der Waals surface area contributed by atoms with E-state index in [1.54, 1.807) is 0 Å². The number of hydrogen-bond acceptors (Lipinski definition) is 3. The SMILES string of the molecule is c1ccc(-c2cccc3c2sc2c(N(c4ccc(-c5cccc6ccccc56)cc4)c4ccc(-c5ccc6c(c5)oc5ccccc56)c5ccccc45)cccc23)cc1. The molecule has 0 aliphatic heterocycles. The van der Waals surface area contributed by atoms with Crippen molar-refractivity contribution in [3.05, 3.63) is 212 Å². The van der Waals surface area contributed by atoms with Gasteiger partial charge < -0.3 is 9.32 Å². The van der Waals surface area contributed by atoms with E-state index in [-0.39, 0.29) is 0 Å². The molecule has 0 atom stereocenters. The number of nitrogens with zero attached hydrogens (tertiary/aromatic N) is 1. The molecule has 0 aliphatic carbocycles. The molecule has 0 bridgehead atoms. The molecule has 12 rings (SSSR count). The van der Waals surface area contributed by atoms with E-state index >= 15 is 0 Å². The van der Waals surface area contributed by atoms with Gasteiger partial charge >= 0.3 is 0 Å². The fourth-order valence-corrected chi connectivity index (χ4v) is 10.5. The lowest BCUT2D eigenvalue weighted by molar-refractivity contribution is 0.669. The van der Waals surface area contributed by atoms with Crippen LogP contribution in [0.1, 0.15) is 0 Å². The molecule has 276 valence electrons. The molecule has 10 aromatic carbocycles. The number of anilines is 3. The third-order valence-corrected chi connectivity index (χ3v) is 13.2. The Morgan fingerprint density at radius 1 is 0.322 bits per heavy atom. The summed E-state index contributed by atoms with van der Waals surface area (Å²) in [4.78, 5) is 2.47. The molecule has 0 spiro atoms. The van der Waals surface area contributed by atoms with Gasteiger partial charge in [-0.05, 0) is 92.0 Å². The first-order valence-electron chi connectivity index (χ1n) is 20.1. The number of para-hydroxylation sites is 1. The summed E-state index contributed by atoms with van der Waals surface area (Å²) in [5.74, 6) is 0. The van der Waals surface area contributed by atoms with Gasteiger partial charge in [-0.3, -0.25) is 0 Å². The normalized spacial score (nSPS) is 11.7. The predicted molar refractivity (Wildman–Crippen MR) is 253 cm³/mol. The van der Waals surface area contributed by atoms with Crippen LogP contribution in [0.25, 0.3) is 97.0 Å². The Hall–Kier alpha value is -7.46. The Bertz CT molecular complexity index is 3550. The molecule has 2 nitrogen and oxygen atoms in total. The van der Waals surface area contributed by atoms with Crippen molar-refractivity contribution in [1.82, 2.24) is 0 Å². The quantitative estimate of drug-likeness (QED) is 0.167. The summed E-state index contributed by atoms with van der Waals surface area (Å²) in [6.07, 6.45) is 0. The predicted octanol–water partition coefficient (Wildman–Crippen LogP) is 16.7. The fourth-order valence-electron chi connectivity index (χ4n) is 9.12. The standard InChI is InChI=1S/C56H35NOS/c1-2-13-37(14-3-1)44-22-11-23-49-50-24-12-25-52(56(50)59-55(44)49)57(40-30-27-38(28-31-40)42-21-10-16-36-15-4-5-17-41(36)42)51-34-33-43(45-18-6-7-19-46(45)51)39-29-32-48-47-20-8-9-26-53(47)58-54(48)35-39/h1-35H. The average molecular weight is 770 g/mol. The average Bonchev–Trinajstić information content (AvgIpc) is 3.88. The monoisotopic (exact) mass is 769 g/mol. The van der Waals surface area contributed by atoms with E-state index in [9.17, 15) is 0 Å². The number of fused-ring (bicyclic) bond motifs is 8. The number of benzene rings is 10. The Kier molecular flexibility index (Phi) is 7.75. The molecule has 0 saturated heterocycles. The molecule has 2 aromatic heterocycles. The van der Waals surface area contributed by atoms with Crippen LogP contribution < -0.4 is 4.90 Å². The first kappa shape index (κ1) is 33.7. The molecule has 0 N–H and O–H groups in total. The molecule has 3 heteroatoms. The van der Waals surface area contributed by atoms with E-state index < -0.39 is 0 Å². The smallest absolute Gasteiger partial charge is 0.136 e. The highest BCUT2D eigenvalue weighted by Crippen LogP contribution is 2.49. The maximum absolute atomic E-state index is 6.36. The van der Waals surface area contributed by atoms with Crippen molar-refractivity contribution in [3.63, 3.8) is 0 Å². The van der Waals surface area contributed by atoms with Crippen molar-refractivity contribution in [3.8, 4) is 33.4 Å². The van der Waals surface area contributed by atoms with Gasteiger partial charge in [-0.25, -0.2) is 0 Å². The van der Waals surface area contributed by atoms with Gasteiger partial charge in [0.05, 0.1) is 16.1 Å². The minimum absolute atomic E-state index is 0.899. The Labute approximate surface area is 345 Å². The van der Waals surface area contributed by atoms with Crippen molar-refractivity contribution < 1.29 is 4.42 Å². The molecule has 12 aromatic rings. The summed E-state index contributed by atoms with van der Waals surface area (Å²) in [6.45, 7) is 0. The lowest BCUT2D eigenvalue weighted by atomic mass is 9.95. The Balaban J connectivity index is 1.07. The summed E-state index contributed by atoms with van der Waals surface area (Å²) in [6, 6.07) is 77.0. The lowest BCUT2D eigenvalue weighted by Gasteiger charge is -2.28. The van der Waals surface area contributed by atoms with Gasteiger partial charge in [-0.15, -0.1) is 11.3 Å². The van der Waals surface area contributed by atoms with Crippen LogP contribution in [0, 0.1) is 0 Å². The highest BCUT2D eigenvalue weighted by atomic mass is 32.1. The molecule has 0 saturated carbocycles. The molecular formula is C56H35NOS. The molecule has 0 fully saturated rings. The zero-order chi connectivity index (χ0) is 38.9. The zero-order valence-electron chi connectivity index (χ0n) is 32.0. The van der Waals surface area contributed by atoms with Crippen molar-refractivity contribution >= 4 is 92.1 Å². The van der Waals surface area contributed by atoms with Crippen LogP contribution in [0.2, 0.25) is 0 Å². The van der Waals surface area contributed by atoms with Gasteiger partial charge in [-0.1, -0.05) is 170 Å². The van der Waals surface area contributed by atoms with Crippen LogP contribution in [-0.2, 0) is 0 Å². The highest BCUT2D eigenvalue weighted by molar-refractivity contribution is 7.27. The van der Waals surface area contributed by atoms with Crippen LogP contribution in [0.3, 0.4) is 0 Å². The fraction of sp³-hybridized carbons (Fsp3) is 0. The van der Waals surface area contributed by atoms with Crippen molar-refractivity contribution in [2.24, 2.45) is 0 Å². The van der Waals surface area contributed by atoms with Gasteiger partial charge in [0.15, 0.2) is 0 Å². The van der Waals surface area contributed by atoms with E-state index in [1.165, 1.54) is 69.5 Å². The van der Waals surface area contributed by atoms with E-state index in [0.717, 1.165) is 44.6 Å². The number of thiophene rings is 1. The number of rotatable bonds is 6. The van der Waals surface area contributed by atoms with Gasteiger partial charge in [0, 0.05) is 37.3 Å². The third-order valence-electron chi connectivity index (χ3n) is 11.9. The zero-order valence-corrected chi connectivity index (χ0v) is 32.8. The summed E-state index contributed by atoms with van der Waals surface area (Å²) in [5, 5.41) is 9.68. The number of furan rings is 1. The van der Waals surface area contributed by atoms with E-state index in [0.29, 0.717) is 0 Å². The second-order valence-electron chi connectivity index (χ2n) is 15.2. The van der Waals surface area contributed by atoms with E-state index in [1.807, 2.05) is 23.5 Å². The van der Waals surface area contributed by atoms with Crippen molar-refractivity contribution in [2.45, 2.75) is 0 Å². The molecule has 0 unspecified atom stereocenters. The summed E-state index contributed by atoms with van der Waals surface area (Å²) < 4.78 is 8.92. The number of hydrogen-bond donors (Lipinski definition) is 0. The van der Waals surface area contributed by atoms with Gasteiger partial charge in [0.2, 0.25) is 0 Å². The molecule has 59 heavy (non-hydrogen) atoms. The Morgan fingerprint density at radius 2 is 0.915 bits per heavy atom. The lowest BCUT2D eigenvalue weighted by Crippen LogP contribution is -2.10. The van der Waals surface area contributed by atoms with Crippen LogP contribution >= 0.6 is 11.3 Å². The largest absolute Gasteiger partial charge is 0.456 e. The molecule has 0 radical (unpaired) electrons. The van der Waals surface area contributed by atoms with Gasteiger partial charge in [0.1, 0.15) is 11.2 Å². The van der Waals surface area contributed by atoms with Crippen LogP contribution in [-0.4, -0.2) is 0 Å². The van der Waals surface area contributed by atoms with E-state index in [4.69, 9.17) is 4.42 Å². The topological polar surface area (TPSA) is 16.4 Å². The Morgan fingerprint density at radius 3 is 1.78 bits per heavy atom. The minimum Gasteiger partial charge on any atom is -0.456 e. The van der Waals surface area contributed by atoms with Crippen LogP contribution in [0.15, 0.2) is 217 Å².